The second-order valence-corrected chi connectivity index (χ2v) is 6.24. The Morgan fingerprint density at radius 3 is 2.04 bits per heavy atom. The highest BCUT2D eigenvalue weighted by atomic mass is 127. The minimum absolute atomic E-state index is 0. The number of carbonyl (C=O) groups excluding carboxylic acids is 1. The average Bonchev–Trinajstić information content (AvgIpc) is 2.51. The molecule has 0 unspecified atom stereocenters. The first-order valence-corrected chi connectivity index (χ1v) is 8.69. The molecule has 24 heavy (non-hydrogen) atoms. The van der Waals surface area contributed by atoms with Crippen molar-refractivity contribution in [3.8, 4) is 0 Å². The van der Waals surface area contributed by atoms with E-state index in [0.29, 0.717) is 18.5 Å². The van der Waals surface area contributed by atoms with Gasteiger partial charge in [-0.2, -0.15) is 0 Å². The summed E-state index contributed by atoms with van der Waals surface area (Å²) in [4.78, 5) is 17.7. The molecule has 0 aromatic heterocycles. The number of unbranched alkanes of at least 4 members (excludes halogenated alkanes) is 1. The summed E-state index contributed by atoms with van der Waals surface area (Å²) in [7, 11) is 3.20. The van der Waals surface area contributed by atoms with Crippen LogP contribution in [0.15, 0.2) is 4.99 Å². The standard InChI is InChI=1S/C17H36N4O2.HI/c1-14(2)21(15(3)4)13-9-12-20-17(18-5)19-11-8-7-10-16(22)23-6;/h14-15H,7-13H2,1-6H3,(H2,18,19,20);1H. The first-order valence-electron chi connectivity index (χ1n) is 8.69. The highest BCUT2D eigenvalue weighted by molar-refractivity contribution is 14.0. The Balaban J connectivity index is 0. The number of hydrogen-bond donors (Lipinski definition) is 2. The van der Waals surface area contributed by atoms with Crippen LogP contribution in [0.4, 0.5) is 0 Å². The zero-order chi connectivity index (χ0) is 17.7. The summed E-state index contributed by atoms with van der Waals surface area (Å²) >= 11 is 0. The molecule has 0 saturated heterocycles. The smallest absolute Gasteiger partial charge is 0.305 e. The number of nitrogens with one attached hydrogen (secondary N) is 2. The molecule has 0 bridgehead atoms. The van der Waals surface area contributed by atoms with E-state index in [-0.39, 0.29) is 29.9 Å². The summed E-state index contributed by atoms with van der Waals surface area (Å²) in [6, 6.07) is 1.14. The number of carbonyl (C=O) groups is 1. The van der Waals surface area contributed by atoms with Gasteiger partial charge in [-0.25, -0.2) is 0 Å². The molecule has 0 fully saturated rings. The van der Waals surface area contributed by atoms with E-state index in [1.165, 1.54) is 7.11 Å². The minimum Gasteiger partial charge on any atom is -0.469 e. The van der Waals surface area contributed by atoms with Gasteiger partial charge >= 0.3 is 5.97 Å². The molecule has 6 nitrogen and oxygen atoms in total. The number of aliphatic imine (C=N–C) groups is 1. The van der Waals surface area contributed by atoms with Gasteiger partial charge in [0, 0.05) is 45.2 Å². The van der Waals surface area contributed by atoms with Gasteiger partial charge < -0.3 is 15.4 Å². The third-order valence-electron chi connectivity index (χ3n) is 3.76. The number of rotatable bonds is 11. The van der Waals surface area contributed by atoms with Crippen molar-refractivity contribution in [3.05, 3.63) is 0 Å². The van der Waals surface area contributed by atoms with Crippen LogP contribution in [0.1, 0.15) is 53.4 Å². The van der Waals surface area contributed by atoms with Crippen LogP contribution < -0.4 is 10.6 Å². The summed E-state index contributed by atoms with van der Waals surface area (Å²) < 4.78 is 4.62. The monoisotopic (exact) mass is 456 g/mol. The van der Waals surface area contributed by atoms with Crippen molar-refractivity contribution in [1.82, 2.24) is 15.5 Å². The van der Waals surface area contributed by atoms with Gasteiger partial charge in [0.15, 0.2) is 5.96 Å². The number of halogens is 1. The van der Waals surface area contributed by atoms with Crippen LogP contribution in [0.3, 0.4) is 0 Å². The summed E-state index contributed by atoms with van der Waals surface area (Å²) in [6.07, 6.45) is 3.31. The van der Waals surface area contributed by atoms with E-state index in [4.69, 9.17) is 0 Å². The van der Waals surface area contributed by atoms with Crippen LogP contribution in [0, 0.1) is 0 Å². The fourth-order valence-electron chi connectivity index (χ4n) is 2.50. The van der Waals surface area contributed by atoms with Crippen molar-refractivity contribution >= 4 is 35.9 Å². The molecule has 0 radical (unpaired) electrons. The van der Waals surface area contributed by atoms with Gasteiger partial charge in [-0.1, -0.05) is 0 Å². The molecule has 0 aromatic carbocycles. The van der Waals surface area contributed by atoms with Crippen LogP contribution in [0.5, 0.6) is 0 Å². The van der Waals surface area contributed by atoms with Gasteiger partial charge in [-0.05, 0) is 47.0 Å². The van der Waals surface area contributed by atoms with E-state index in [2.05, 4.69) is 53.0 Å². The molecule has 2 N–H and O–H groups in total. The number of methoxy groups -OCH3 is 1. The molecule has 0 atom stereocenters. The molecule has 0 amide bonds. The first kappa shape index (κ1) is 25.7. The molecule has 144 valence electrons. The summed E-state index contributed by atoms with van der Waals surface area (Å²) in [5.41, 5.74) is 0. The van der Waals surface area contributed by atoms with E-state index in [0.717, 1.165) is 44.9 Å². The second-order valence-electron chi connectivity index (χ2n) is 6.24. The molecule has 0 saturated carbocycles. The average molecular weight is 456 g/mol. The SMILES string of the molecule is CN=C(NCCCCC(=O)OC)NCCCN(C(C)C)C(C)C.I. The van der Waals surface area contributed by atoms with Gasteiger partial charge in [-0.3, -0.25) is 14.7 Å². The first-order chi connectivity index (χ1) is 10.9. The summed E-state index contributed by atoms with van der Waals surface area (Å²) in [6.45, 7) is 11.7. The van der Waals surface area contributed by atoms with Crippen LogP contribution in [-0.4, -0.2) is 62.7 Å². The minimum atomic E-state index is -0.146. The Kier molecular flexibility index (Phi) is 17.0. The highest BCUT2D eigenvalue weighted by Gasteiger charge is 2.12. The van der Waals surface area contributed by atoms with Gasteiger partial charge in [0.2, 0.25) is 0 Å². The number of esters is 1. The highest BCUT2D eigenvalue weighted by Crippen LogP contribution is 2.05. The van der Waals surface area contributed by atoms with Crippen molar-refractivity contribution in [3.63, 3.8) is 0 Å². The molecular formula is C17H37IN4O2. The Morgan fingerprint density at radius 1 is 1.04 bits per heavy atom. The quantitative estimate of drug-likeness (QED) is 0.165. The van der Waals surface area contributed by atoms with E-state index in [1.54, 1.807) is 7.05 Å². The van der Waals surface area contributed by atoms with Crippen molar-refractivity contribution < 1.29 is 9.53 Å². The molecular weight excluding hydrogens is 419 g/mol. The maximum atomic E-state index is 11.0. The Labute approximate surface area is 165 Å². The van der Waals surface area contributed by atoms with E-state index in [9.17, 15) is 4.79 Å². The predicted molar refractivity (Wildman–Crippen MR) is 112 cm³/mol. The second kappa shape index (κ2) is 15.9. The Morgan fingerprint density at radius 2 is 1.58 bits per heavy atom. The molecule has 0 aromatic rings. The third kappa shape index (κ3) is 12.8. The van der Waals surface area contributed by atoms with Crippen molar-refractivity contribution in [1.29, 1.82) is 0 Å². The molecule has 0 heterocycles. The third-order valence-corrected chi connectivity index (χ3v) is 3.76. The molecule has 7 heteroatoms. The molecule has 0 spiro atoms. The van der Waals surface area contributed by atoms with Crippen LogP contribution in [0.25, 0.3) is 0 Å². The molecule has 0 aliphatic carbocycles. The van der Waals surface area contributed by atoms with Crippen molar-refractivity contribution in [2.75, 3.05) is 33.8 Å². The molecule has 0 aliphatic heterocycles. The van der Waals surface area contributed by atoms with E-state index in [1.807, 2.05) is 0 Å². The fourth-order valence-corrected chi connectivity index (χ4v) is 2.50. The number of guanidine groups is 1. The summed E-state index contributed by atoms with van der Waals surface area (Å²) in [5.74, 6) is 0.677. The number of ether oxygens (including phenoxy) is 1. The number of nitrogens with zero attached hydrogens (tertiary/aromatic N) is 2. The van der Waals surface area contributed by atoms with Crippen LogP contribution >= 0.6 is 24.0 Å². The lowest BCUT2D eigenvalue weighted by Crippen LogP contribution is -2.41. The van der Waals surface area contributed by atoms with Crippen molar-refractivity contribution in [2.45, 2.75) is 65.5 Å². The normalized spacial score (nSPS) is 11.6. The fraction of sp³-hybridized carbons (Fsp3) is 0.882. The lowest BCUT2D eigenvalue weighted by Gasteiger charge is -2.30. The lowest BCUT2D eigenvalue weighted by atomic mass is 10.2. The lowest BCUT2D eigenvalue weighted by molar-refractivity contribution is -0.140. The zero-order valence-electron chi connectivity index (χ0n) is 16.2. The van der Waals surface area contributed by atoms with Gasteiger partial charge in [0.1, 0.15) is 0 Å². The van der Waals surface area contributed by atoms with Crippen molar-refractivity contribution in [2.24, 2.45) is 4.99 Å². The predicted octanol–water partition coefficient (Wildman–Crippen LogP) is 2.62. The van der Waals surface area contributed by atoms with Gasteiger partial charge in [-0.15, -0.1) is 24.0 Å². The molecule has 0 rings (SSSR count). The Hall–Kier alpha value is -0.570. The largest absolute Gasteiger partial charge is 0.469 e. The summed E-state index contributed by atoms with van der Waals surface area (Å²) in [5, 5.41) is 6.60. The topological polar surface area (TPSA) is 66.0 Å². The Bertz CT molecular complexity index is 341. The van der Waals surface area contributed by atoms with Crippen LogP contribution in [-0.2, 0) is 9.53 Å². The van der Waals surface area contributed by atoms with E-state index >= 15 is 0 Å². The van der Waals surface area contributed by atoms with Crippen LogP contribution in [0.2, 0.25) is 0 Å². The zero-order valence-corrected chi connectivity index (χ0v) is 18.6. The van der Waals surface area contributed by atoms with E-state index < -0.39 is 0 Å². The van der Waals surface area contributed by atoms with Gasteiger partial charge in [0.05, 0.1) is 7.11 Å². The maximum absolute atomic E-state index is 11.0. The molecule has 0 aliphatic rings. The number of hydrogen-bond acceptors (Lipinski definition) is 4. The maximum Gasteiger partial charge on any atom is 0.305 e. The van der Waals surface area contributed by atoms with Gasteiger partial charge in [0.25, 0.3) is 0 Å².